The van der Waals surface area contributed by atoms with Gasteiger partial charge in [0, 0.05) is 0 Å². The third kappa shape index (κ3) is 1.67. The van der Waals surface area contributed by atoms with Crippen LogP contribution in [0.15, 0.2) is 4.79 Å². The van der Waals surface area contributed by atoms with Gasteiger partial charge in [-0.3, -0.25) is 19.5 Å². The minimum Gasteiger partial charge on any atom is -0.378 e. The first-order valence-electron chi connectivity index (χ1n) is 4.42. The molecule has 1 saturated heterocycles. The number of anilines is 2. The lowest BCUT2D eigenvalue weighted by Crippen LogP contribution is -2.29. The molecule has 2 rings (SSSR count). The van der Waals surface area contributed by atoms with E-state index in [0.29, 0.717) is 6.61 Å². The fraction of sp³-hybridized carbons (Fsp3) is 0.429. The molecule has 9 nitrogen and oxygen atoms in total. The Bertz CT molecular complexity index is 506. The fourth-order valence-electron chi connectivity index (χ4n) is 1.30. The number of hydrogen-bond acceptors (Lipinski definition) is 7. The highest BCUT2D eigenvalue weighted by Crippen LogP contribution is 2.17. The third-order valence-corrected chi connectivity index (χ3v) is 2.17. The van der Waals surface area contributed by atoms with Gasteiger partial charge < -0.3 is 16.2 Å². The van der Waals surface area contributed by atoms with Gasteiger partial charge in [0.25, 0.3) is 0 Å². The molecule has 1 fully saturated rings. The van der Waals surface area contributed by atoms with Crippen molar-refractivity contribution in [1.29, 1.82) is 0 Å². The summed E-state index contributed by atoms with van der Waals surface area (Å²) in [5, 5.41) is 10.6. The van der Waals surface area contributed by atoms with Gasteiger partial charge in [0.05, 0.1) is 24.2 Å². The summed E-state index contributed by atoms with van der Waals surface area (Å²) in [5.74, 6) is -0.621. The van der Waals surface area contributed by atoms with E-state index in [9.17, 15) is 14.9 Å². The number of epoxide rings is 1. The monoisotopic (exact) mass is 227 g/mol. The molecule has 4 N–H and O–H groups in total. The van der Waals surface area contributed by atoms with Gasteiger partial charge in [0.15, 0.2) is 0 Å². The highest BCUT2D eigenvalue weighted by Gasteiger charge is 2.28. The standard InChI is InChI=1S/C7H9N5O4/c8-5-4(12(14)15)6(13)11(7(9)10-5)1-3-2-16-3/h3H,1-2,8H2,(H2,9,10). The van der Waals surface area contributed by atoms with E-state index < -0.39 is 22.0 Å². The second kappa shape index (κ2) is 3.45. The van der Waals surface area contributed by atoms with Crippen LogP contribution in [-0.2, 0) is 11.3 Å². The Morgan fingerprint density at radius 2 is 2.25 bits per heavy atom. The first-order valence-corrected chi connectivity index (χ1v) is 4.42. The molecule has 0 bridgehead atoms. The molecule has 0 spiro atoms. The SMILES string of the molecule is Nc1nc(N)n(CC2CO2)c(=O)c1[N+](=O)[O-]. The van der Waals surface area contributed by atoms with Crippen molar-refractivity contribution in [2.75, 3.05) is 18.1 Å². The molecule has 1 aromatic rings. The second-order valence-electron chi connectivity index (χ2n) is 3.33. The van der Waals surface area contributed by atoms with Crippen molar-refractivity contribution in [2.24, 2.45) is 0 Å². The van der Waals surface area contributed by atoms with Crippen molar-refractivity contribution in [2.45, 2.75) is 12.6 Å². The summed E-state index contributed by atoms with van der Waals surface area (Å²) in [5.41, 5.74) is 9.11. The van der Waals surface area contributed by atoms with E-state index in [1.807, 2.05) is 0 Å². The molecule has 0 amide bonds. The zero-order valence-corrected chi connectivity index (χ0v) is 8.12. The van der Waals surface area contributed by atoms with Gasteiger partial charge in [0.1, 0.15) is 0 Å². The molecule has 16 heavy (non-hydrogen) atoms. The number of nitro groups is 1. The van der Waals surface area contributed by atoms with Crippen molar-refractivity contribution in [3.63, 3.8) is 0 Å². The summed E-state index contributed by atoms with van der Waals surface area (Å²) < 4.78 is 5.90. The maximum Gasteiger partial charge on any atom is 0.375 e. The Balaban J connectivity index is 2.54. The molecule has 0 aromatic carbocycles. The largest absolute Gasteiger partial charge is 0.378 e. The lowest BCUT2D eigenvalue weighted by Gasteiger charge is -2.07. The van der Waals surface area contributed by atoms with Crippen molar-refractivity contribution in [3.8, 4) is 0 Å². The normalized spacial score (nSPS) is 18.4. The molecule has 0 aliphatic carbocycles. The van der Waals surface area contributed by atoms with Crippen molar-refractivity contribution in [1.82, 2.24) is 9.55 Å². The molecule has 0 saturated carbocycles. The fourth-order valence-corrected chi connectivity index (χ4v) is 1.30. The summed E-state index contributed by atoms with van der Waals surface area (Å²) in [6.07, 6.45) is -0.134. The van der Waals surface area contributed by atoms with E-state index in [0.717, 1.165) is 4.57 Å². The zero-order valence-electron chi connectivity index (χ0n) is 8.12. The van der Waals surface area contributed by atoms with E-state index in [1.165, 1.54) is 0 Å². The molecular formula is C7H9N5O4. The van der Waals surface area contributed by atoms with Gasteiger partial charge in [-0.25, -0.2) is 0 Å². The van der Waals surface area contributed by atoms with Crippen LogP contribution in [-0.4, -0.2) is 27.2 Å². The Morgan fingerprint density at radius 1 is 1.62 bits per heavy atom. The summed E-state index contributed by atoms with van der Waals surface area (Å²) in [7, 11) is 0. The summed E-state index contributed by atoms with van der Waals surface area (Å²) >= 11 is 0. The maximum atomic E-state index is 11.7. The quantitative estimate of drug-likeness (QED) is 0.371. The third-order valence-electron chi connectivity index (χ3n) is 2.17. The van der Waals surface area contributed by atoms with E-state index in [2.05, 4.69) is 4.98 Å². The Kier molecular flexibility index (Phi) is 2.23. The number of ether oxygens (including phenoxy) is 1. The molecule has 2 heterocycles. The average Bonchev–Trinajstić information content (AvgIpc) is 2.94. The van der Waals surface area contributed by atoms with E-state index >= 15 is 0 Å². The number of nitrogens with two attached hydrogens (primary N) is 2. The summed E-state index contributed by atoms with van der Waals surface area (Å²) in [6, 6.07) is 0. The first-order chi connectivity index (χ1) is 7.50. The van der Waals surface area contributed by atoms with E-state index in [-0.39, 0.29) is 18.6 Å². The lowest BCUT2D eigenvalue weighted by atomic mass is 10.4. The van der Waals surface area contributed by atoms with Crippen LogP contribution in [0.5, 0.6) is 0 Å². The predicted molar refractivity (Wildman–Crippen MR) is 53.7 cm³/mol. The van der Waals surface area contributed by atoms with E-state index in [4.69, 9.17) is 16.2 Å². The number of rotatable bonds is 3. The van der Waals surface area contributed by atoms with E-state index in [1.54, 1.807) is 0 Å². The van der Waals surface area contributed by atoms with Gasteiger partial charge in [-0.05, 0) is 0 Å². The lowest BCUT2D eigenvalue weighted by molar-refractivity contribution is -0.385. The van der Waals surface area contributed by atoms with Crippen LogP contribution in [0.25, 0.3) is 0 Å². The van der Waals surface area contributed by atoms with Crippen molar-refractivity contribution < 1.29 is 9.66 Å². The number of nitrogen functional groups attached to an aromatic ring is 2. The van der Waals surface area contributed by atoms with Gasteiger partial charge in [-0.1, -0.05) is 0 Å². The van der Waals surface area contributed by atoms with Gasteiger partial charge in [-0.15, -0.1) is 0 Å². The van der Waals surface area contributed by atoms with Crippen LogP contribution in [0.4, 0.5) is 17.5 Å². The van der Waals surface area contributed by atoms with Crippen LogP contribution < -0.4 is 17.0 Å². The zero-order chi connectivity index (χ0) is 11.9. The van der Waals surface area contributed by atoms with Crippen LogP contribution in [0.3, 0.4) is 0 Å². The smallest absolute Gasteiger partial charge is 0.375 e. The van der Waals surface area contributed by atoms with Gasteiger partial charge >= 0.3 is 11.2 Å². The van der Waals surface area contributed by atoms with Crippen LogP contribution in [0.2, 0.25) is 0 Å². The molecule has 1 aromatic heterocycles. The molecule has 1 aliphatic rings. The minimum atomic E-state index is -0.867. The second-order valence-corrected chi connectivity index (χ2v) is 3.33. The predicted octanol–water partition coefficient (Wildman–Crippen LogP) is -1.29. The summed E-state index contributed by atoms with van der Waals surface area (Å²) in [6.45, 7) is 0.656. The van der Waals surface area contributed by atoms with Crippen molar-refractivity contribution in [3.05, 3.63) is 20.5 Å². The molecule has 1 unspecified atom stereocenters. The number of hydrogen-bond donors (Lipinski definition) is 2. The van der Waals surface area contributed by atoms with Crippen LogP contribution in [0, 0.1) is 10.1 Å². The van der Waals surface area contributed by atoms with Crippen molar-refractivity contribution >= 4 is 17.5 Å². The first kappa shape index (κ1) is 10.4. The minimum absolute atomic E-state index is 0.134. The van der Waals surface area contributed by atoms with Crippen LogP contribution >= 0.6 is 0 Å². The molecule has 9 heteroatoms. The topological polar surface area (TPSA) is 143 Å². The average molecular weight is 227 g/mol. The Morgan fingerprint density at radius 3 is 2.75 bits per heavy atom. The maximum absolute atomic E-state index is 11.7. The Labute approximate surface area is 88.8 Å². The Hall–Kier alpha value is -2.16. The number of aromatic nitrogens is 2. The van der Waals surface area contributed by atoms with Gasteiger partial charge in [0.2, 0.25) is 11.8 Å². The molecule has 1 aliphatic heterocycles. The highest BCUT2D eigenvalue weighted by molar-refractivity contribution is 5.53. The summed E-state index contributed by atoms with van der Waals surface area (Å²) in [4.78, 5) is 25.0. The molecule has 0 radical (unpaired) electrons. The molecular weight excluding hydrogens is 218 g/mol. The highest BCUT2D eigenvalue weighted by atomic mass is 16.6. The van der Waals surface area contributed by atoms with Crippen LogP contribution in [0.1, 0.15) is 0 Å². The number of nitrogens with zero attached hydrogens (tertiary/aromatic N) is 3. The molecule has 86 valence electrons. The van der Waals surface area contributed by atoms with Gasteiger partial charge in [-0.2, -0.15) is 4.98 Å². The molecule has 1 atom stereocenters.